The smallest absolute Gasteiger partial charge is 0.147 e. The van der Waals surface area contributed by atoms with Crippen molar-refractivity contribution in [1.82, 2.24) is 0 Å². The maximum atomic E-state index is 13.5. The van der Waals surface area contributed by atoms with Crippen molar-refractivity contribution < 1.29 is 8.78 Å². The van der Waals surface area contributed by atoms with Gasteiger partial charge in [-0.3, -0.25) is 0 Å². The Kier molecular flexibility index (Phi) is 3.74. The van der Waals surface area contributed by atoms with Crippen LogP contribution in [0.1, 0.15) is 5.56 Å². The van der Waals surface area contributed by atoms with E-state index in [4.69, 9.17) is 0 Å². The Hall–Kier alpha value is -1.42. The molecule has 0 heterocycles. The van der Waals surface area contributed by atoms with Crippen molar-refractivity contribution in [2.45, 2.75) is 6.54 Å². The molecule has 0 atom stereocenters. The van der Waals surface area contributed by atoms with Gasteiger partial charge in [-0.2, -0.15) is 0 Å². The molecule has 0 saturated carbocycles. The van der Waals surface area contributed by atoms with Gasteiger partial charge in [-0.05, 0) is 35.9 Å². The minimum Gasteiger partial charge on any atom is -0.379 e. The number of hydrogen-bond donors (Lipinski definition) is 1. The van der Waals surface area contributed by atoms with Crippen molar-refractivity contribution in [1.29, 1.82) is 0 Å². The standard InChI is InChI=1S/C13H10BrF2N/c14-10-4-5-13(12(16)7-10)17-8-9-2-1-3-11(15)6-9/h1-7,17H,8H2. The molecule has 0 saturated heterocycles. The molecule has 0 bridgehead atoms. The van der Waals surface area contributed by atoms with Crippen LogP contribution in [0.2, 0.25) is 0 Å². The second-order valence-corrected chi connectivity index (χ2v) is 4.52. The zero-order valence-electron chi connectivity index (χ0n) is 8.88. The molecule has 0 aliphatic rings. The van der Waals surface area contributed by atoms with E-state index in [1.165, 1.54) is 18.2 Å². The van der Waals surface area contributed by atoms with Crippen molar-refractivity contribution in [3.63, 3.8) is 0 Å². The van der Waals surface area contributed by atoms with Gasteiger partial charge in [-0.15, -0.1) is 0 Å². The van der Waals surface area contributed by atoms with Crippen molar-refractivity contribution in [2.24, 2.45) is 0 Å². The molecule has 2 aromatic carbocycles. The molecule has 17 heavy (non-hydrogen) atoms. The van der Waals surface area contributed by atoms with Crippen LogP contribution in [-0.2, 0) is 6.54 Å². The fourth-order valence-electron chi connectivity index (χ4n) is 1.48. The first-order chi connectivity index (χ1) is 8.15. The molecule has 0 radical (unpaired) electrons. The van der Waals surface area contributed by atoms with Gasteiger partial charge in [0.2, 0.25) is 0 Å². The first-order valence-corrected chi connectivity index (χ1v) is 5.88. The third-order valence-electron chi connectivity index (χ3n) is 2.30. The van der Waals surface area contributed by atoms with Crippen LogP contribution in [0.5, 0.6) is 0 Å². The molecule has 0 aromatic heterocycles. The Morgan fingerprint density at radius 3 is 2.59 bits per heavy atom. The molecule has 2 aromatic rings. The monoisotopic (exact) mass is 297 g/mol. The highest BCUT2D eigenvalue weighted by Gasteiger charge is 2.02. The Labute approximate surface area is 107 Å². The third-order valence-corrected chi connectivity index (χ3v) is 2.80. The lowest BCUT2D eigenvalue weighted by Gasteiger charge is -2.08. The minimum atomic E-state index is -0.337. The van der Waals surface area contributed by atoms with E-state index in [-0.39, 0.29) is 11.6 Å². The summed E-state index contributed by atoms with van der Waals surface area (Å²) < 4.78 is 27.1. The molecule has 1 nitrogen and oxygen atoms in total. The van der Waals surface area contributed by atoms with E-state index < -0.39 is 0 Å². The average Bonchev–Trinajstić information content (AvgIpc) is 2.28. The van der Waals surface area contributed by atoms with Gasteiger partial charge in [0, 0.05) is 11.0 Å². The van der Waals surface area contributed by atoms with Crippen molar-refractivity contribution in [3.05, 3.63) is 64.1 Å². The second-order valence-electron chi connectivity index (χ2n) is 3.61. The number of benzene rings is 2. The molecule has 0 amide bonds. The number of nitrogens with one attached hydrogen (secondary N) is 1. The molecule has 4 heteroatoms. The molecule has 0 fully saturated rings. The summed E-state index contributed by atoms with van der Waals surface area (Å²) >= 11 is 3.18. The summed E-state index contributed by atoms with van der Waals surface area (Å²) in [4.78, 5) is 0. The van der Waals surface area contributed by atoms with Crippen LogP contribution in [-0.4, -0.2) is 0 Å². The average molecular weight is 298 g/mol. The van der Waals surface area contributed by atoms with Crippen LogP contribution in [0.3, 0.4) is 0 Å². The normalized spacial score (nSPS) is 10.3. The summed E-state index contributed by atoms with van der Waals surface area (Å²) in [6.07, 6.45) is 0. The fourth-order valence-corrected chi connectivity index (χ4v) is 1.81. The molecule has 0 unspecified atom stereocenters. The van der Waals surface area contributed by atoms with Gasteiger partial charge >= 0.3 is 0 Å². The predicted molar refractivity (Wildman–Crippen MR) is 67.8 cm³/mol. The second kappa shape index (κ2) is 5.27. The first-order valence-electron chi connectivity index (χ1n) is 5.08. The first kappa shape index (κ1) is 12.0. The lowest BCUT2D eigenvalue weighted by molar-refractivity contribution is 0.625. The zero-order valence-corrected chi connectivity index (χ0v) is 10.5. The van der Waals surface area contributed by atoms with E-state index in [0.29, 0.717) is 16.7 Å². The molecular formula is C13H10BrF2N. The van der Waals surface area contributed by atoms with Gasteiger partial charge in [0.15, 0.2) is 0 Å². The van der Waals surface area contributed by atoms with Crippen LogP contribution in [0.25, 0.3) is 0 Å². The van der Waals surface area contributed by atoms with Gasteiger partial charge in [0.25, 0.3) is 0 Å². The highest BCUT2D eigenvalue weighted by atomic mass is 79.9. The van der Waals surface area contributed by atoms with E-state index >= 15 is 0 Å². The molecule has 2 rings (SSSR count). The number of hydrogen-bond acceptors (Lipinski definition) is 1. The fraction of sp³-hybridized carbons (Fsp3) is 0.0769. The lowest BCUT2D eigenvalue weighted by atomic mass is 10.2. The Bertz CT molecular complexity index is 529. The molecule has 0 aliphatic heterocycles. The number of halogens is 3. The van der Waals surface area contributed by atoms with E-state index in [2.05, 4.69) is 21.2 Å². The number of anilines is 1. The summed E-state index contributed by atoms with van der Waals surface area (Å²) in [6.45, 7) is 0.385. The topological polar surface area (TPSA) is 12.0 Å². The number of rotatable bonds is 3. The van der Waals surface area contributed by atoms with E-state index in [0.717, 1.165) is 5.56 Å². The van der Waals surface area contributed by atoms with Crippen LogP contribution < -0.4 is 5.32 Å². The van der Waals surface area contributed by atoms with Crippen LogP contribution in [0, 0.1) is 11.6 Å². The predicted octanol–water partition coefficient (Wildman–Crippen LogP) is 4.34. The Morgan fingerprint density at radius 2 is 1.88 bits per heavy atom. The third kappa shape index (κ3) is 3.27. The van der Waals surface area contributed by atoms with Crippen LogP contribution in [0.15, 0.2) is 46.9 Å². The molecule has 1 N–H and O–H groups in total. The van der Waals surface area contributed by atoms with Crippen molar-refractivity contribution in [3.8, 4) is 0 Å². The van der Waals surface area contributed by atoms with E-state index in [9.17, 15) is 8.78 Å². The highest BCUT2D eigenvalue weighted by molar-refractivity contribution is 9.10. The molecular weight excluding hydrogens is 288 g/mol. The SMILES string of the molecule is Fc1cccc(CNc2ccc(Br)cc2F)c1. The Balaban J connectivity index is 2.07. The summed E-state index contributed by atoms with van der Waals surface area (Å²) in [5.74, 6) is -0.628. The van der Waals surface area contributed by atoms with E-state index in [1.807, 2.05) is 0 Å². The maximum Gasteiger partial charge on any atom is 0.147 e. The Morgan fingerprint density at radius 1 is 1.06 bits per heavy atom. The summed E-state index contributed by atoms with van der Waals surface area (Å²) in [5, 5.41) is 2.92. The lowest BCUT2D eigenvalue weighted by Crippen LogP contribution is -2.01. The quantitative estimate of drug-likeness (QED) is 0.889. The summed E-state index contributed by atoms with van der Waals surface area (Å²) in [6, 6.07) is 11.0. The van der Waals surface area contributed by atoms with Crippen LogP contribution in [0.4, 0.5) is 14.5 Å². The molecule has 88 valence electrons. The highest BCUT2D eigenvalue weighted by Crippen LogP contribution is 2.20. The molecule has 0 spiro atoms. The molecule has 0 aliphatic carbocycles. The van der Waals surface area contributed by atoms with Gasteiger partial charge in [-0.25, -0.2) is 8.78 Å². The van der Waals surface area contributed by atoms with E-state index in [1.54, 1.807) is 24.3 Å². The summed E-state index contributed by atoms with van der Waals surface area (Å²) in [5.41, 5.74) is 1.17. The van der Waals surface area contributed by atoms with Crippen LogP contribution >= 0.6 is 15.9 Å². The maximum absolute atomic E-state index is 13.5. The van der Waals surface area contributed by atoms with Gasteiger partial charge in [-0.1, -0.05) is 28.1 Å². The largest absolute Gasteiger partial charge is 0.379 e. The van der Waals surface area contributed by atoms with Crippen molar-refractivity contribution >= 4 is 21.6 Å². The van der Waals surface area contributed by atoms with Gasteiger partial charge < -0.3 is 5.32 Å². The van der Waals surface area contributed by atoms with Crippen molar-refractivity contribution in [2.75, 3.05) is 5.32 Å². The van der Waals surface area contributed by atoms with Gasteiger partial charge in [0.1, 0.15) is 11.6 Å². The van der Waals surface area contributed by atoms with Gasteiger partial charge in [0.05, 0.1) is 5.69 Å². The summed E-state index contributed by atoms with van der Waals surface area (Å²) in [7, 11) is 0. The minimum absolute atomic E-state index is 0.291. The zero-order chi connectivity index (χ0) is 12.3.